The second kappa shape index (κ2) is 8.92. The summed E-state index contributed by atoms with van der Waals surface area (Å²) in [5.41, 5.74) is 1.90. The molecule has 0 bridgehead atoms. The first-order chi connectivity index (χ1) is 15.6. The van der Waals surface area contributed by atoms with Crippen molar-refractivity contribution in [3.05, 3.63) is 36.4 Å². The molecule has 5 rings (SSSR count). The van der Waals surface area contributed by atoms with Crippen LogP contribution >= 0.6 is 0 Å². The number of aromatic nitrogens is 2. The number of nitrogens with one attached hydrogen (secondary N) is 2. The van der Waals surface area contributed by atoms with Crippen molar-refractivity contribution < 1.29 is 9.53 Å². The van der Waals surface area contributed by atoms with E-state index < -0.39 is 0 Å². The van der Waals surface area contributed by atoms with E-state index in [0.29, 0.717) is 12.1 Å². The maximum absolute atomic E-state index is 12.3. The number of H-pyrrole nitrogens is 1. The molecule has 1 aromatic carbocycles. The number of nitrogens with zero attached hydrogens (tertiary/aromatic N) is 4. The van der Waals surface area contributed by atoms with Crippen molar-refractivity contribution in [3.8, 4) is 5.75 Å². The largest absolute Gasteiger partial charge is 0.484 e. The molecule has 0 radical (unpaired) electrons. The van der Waals surface area contributed by atoms with Gasteiger partial charge in [-0.25, -0.2) is 9.78 Å². The molecule has 8 heteroatoms. The summed E-state index contributed by atoms with van der Waals surface area (Å²) in [5.74, 6) is 2.08. The van der Waals surface area contributed by atoms with Gasteiger partial charge in [-0.1, -0.05) is 13.0 Å². The topological polar surface area (TPSA) is 76.7 Å². The van der Waals surface area contributed by atoms with Crippen LogP contribution in [-0.4, -0.2) is 82.1 Å². The van der Waals surface area contributed by atoms with Gasteiger partial charge >= 0.3 is 6.03 Å². The molecule has 2 saturated heterocycles. The molecule has 1 saturated carbocycles. The van der Waals surface area contributed by atoms with E-state index in [1.165, 1.54) is 5.82 Å². The first-order valence-electron chi connectivity index (χ1n) is 11.9. The Labute approximate surface area is 189 Å². The first kappa shape index (κ1) is 21.0. The van der Waals surface area contributed by atoms with Crippen molar-refractivity contribution in [3.63, 3.8) is 0 Å². The molecule has 0 spiro atoms. The fraction of sp³-hybridized carbons (Fsp3) is 0.583. The number of allylic oxidation sites excluding steroid dienone is 1. The number of urea groups is 1. The molecule has 3 fully saturated rings. The molecule has 32 heavy (non-hydrogen) atoms. The fourth-order valence-electron chi connectivity index (χ4n) is 5.14. The predicted octanol–water partition coefficient (Wildman–Crippen LogP) is 3.15. The normalized spacial score (nSPS) is 24.9. The monoisotopic (exact) mass is 438 g/mol. The number of benzene rings is 1. The zero-order chi connectivity index (χ0) is 22.1. The summed E-state index contributed by atoms with van der Waals surface area (Å²) in [6.45, 7) is 5.67. The van der Waals surface area contributed by atoms with Crippen molar-refractivity contribution in [2.75, 3.05) is 33.2 Å². The van der Waals surface area contributed by atoms with Crippen molar-refractivity contribution in [1.29, 1.82) is 0 Å². The number of aromatic amines is 1. The van der Waals surface area contributed by atoms with Crippen LogP contribution in [0.1, 0.15) is 39.0 Å². The quantitative estimate of drug-likeness (QED) is 0.695. The molecule has 2 amide bonds. The smallest absolute Gasteiger partial charge is 0.320 e. The summed E-state index contributed by atoms with van der Waals surface area (Å²) in [6, 6.07) is 7.08. The lowest BCUT2D eigenvalue weighted by Gasteiger charge is -2.44. The van der Waals surface area contributed by atoms with Crippen molar-refractivity contribution in [1.82, 2.24) is 30.0 Å². The fourth-order valence-corrected chi connectivity index (χ4v) is 5.14. The number of fused-ring (bicyclic) bond motifs is 1. The Kier molecular flexibility index (Phi) is 5.85. The lowest BCUT2D eigenvalue weighted by atomic mass is 9.90. The zero-order valence-corrected chi connectivity index (χ0v) is 19.1. The van der Waals surface area contributed by atoms with Gasteiger partial charge in [0.2, 0.25) is 0 Å². The van der Waals surface area contributed by atoms with Gasteiger partial charge in [-0.2, -0.15) is 0 Å². The van der Waals surface area contributed by atoms with Gasteiger partial charge in [-0.05, 0) is 50.3 Å². The molecular weight excluding hydrogens is 404 g/mol. The highest BCUT2D eigenvalue weighted by atomic mass is 16.5. The molecule has 1 aromatic heterocycles. The van der Waals surface area contributed by atoms with E-state index in [1.807, 2.05) is 30.1 Å². The number of carbonyl (C=O) groups is 1. The number of para-hydroxylation sites is 1. The number of ether oxygens (including phenoxy) is 1. The Hall–Kier alpha value is -2.90. The Bertz CT molecular complexity index is 974. The maximum Gasteiger partial charge on any atom is 0.320 e. The van der Waals surface area contributed by atoms with Crippen LogP contribution in [0.5, 0.6) is 5.75 Å². The number of hydrogen-bond acceptors (Lipinski definition) is 5. The van der Waals surface area contributed by atoms with E-state index in [1.54, 1.807) is 6.33 Å². The van der Waals surface area contributed by atoms with Gasteiger partial charge in [0.1, 0.15) is 17.4 Å². The van der Waals surface area contributed by atoms with Crippen LogP contribution in [0, 0.1) is 0 Å². The summed E-state index contributed by atoms with van der Waals surface area (Å²) < 4.78 is 6.24. The summed E-state index contributed by atoms with van der Waals surface area (Å²) >= 11 is 0. The Morgan fingerprint density at radius 1 is 1.25 bits per heavy atom. The highest BCUT2D eigenvalue weighted by Gasteiger charge is 2.35. The van der Waals surface area contributed by atoms with Crippen molar-refractivity contribution in [2.24, 2.45) is 0 Å². The number of carbonyl (C=O) groups excluding carboxylic acids is 1. The molecule has 3 heterocycles. The van der Waals surface area contributed by atoms with Gasteiger partial charge in [0.25, 0.3) is 0 Å². The third kappa shape index (κ3) is 4.10. The number of amides is 2. The maximum atomic E-state index is 12.3. The summed E-state index contributed by atoms with van der Waals surface area (Å²) in [4.78, 5) is 26.1. The summed E-state index contributed by atoms with van der Waals surface area (Å²) in [6.07, 6.45) is 9.54. The molecule has 2 N–H and O–H groups in total. The van der Waals surface area contributed by atoms with E-state index in [0.717, 1.165) is 75.1 Å². The molecule has 0 atom stereocenters. The van der Waals surface area contributed by atoms with Gasteiger partial charge in [0, 0.05) is 32.2 Å². The van der Waals surface area contributed by atoms with Gasteiger partial charge in [0.15, 0.2) is 0 Å². The van der Waals surface area contributed by atoms with E-state index in [4.69, 9.17) is 4.74 Å². The standard InChI is InChI=1S/C24H34N6O2/c1-3-5-22(27-17-8-10-18(11-9-17)30-13-12-28(2)24(30)31)29-14-19(15-29)32-21-7-4-6-20-23(21)26-16-25-20/h4-7,16-19,27H,3,8-15H2,1-2H3,(H,25,26)/b22-5-. The Balaban J connectivity index is 1.12. The van der Waals surface area contributed by atoms with Crippen molar-refractivity contribution >= 4 is 17.1 Å². The van der Waals surface area contributed by atoms with Gasteiger partial charge < -0.3 is 29.7 Å². The molecule has 172 valence electrons. The van der Waals surface area contributed by atoms with Gasteiger partial charge in [-0.3, -0.25) is 0 Å². The van der Waals surface area contributed by atoms with Gasteiger partial charge in [0.05, 0.1) is 30.8 Å². The molecule has 1 aliphatic carbocycles. The Morgan fingerprint density at radius 2 is 2.06 bits per heavy atom. The highest BCUT2D eigenvalue weighted by molar-refractivity contribution is 5.81. The van der Waals surface area contributed by atoms with Crippen LogP contribution in [0.15, 0.2) is 36.4 Å². The highest BCUT2D eigenvalue weighted by Crippen LogP contribution is 2.29. The lowest BCUT2D eigenvalue weighted by molar-refractivity contribution is 0.0372. The predicted molar refractivity (Wildman–Crippen MR) is 124 cm³/mol. The molecule has 8 nitrogen and oxygen atoms in total. The van der Waals surface area contributed by atoms with Crippen LogP contribution < -0.4 is 10.1 Å². The van der Waals surface area contributed by atoms with Crippen LogP contribution in [0.3, 0.4) is 0 Å². The third-order valence-corrected chi connectivity index (χ3v) is 7.03. The lowest BCUT2D eigenvalue weighted by Crippen LogP contribution is -2.56. The van der Waals surface area contributed by atoms with E-state index in [-0.39, 0.29) is 12.1 Å². The Morgan fingerprint density at radius 3 is 2.78 bits per heavy atom. The van der Waals surface area contributed by atoms with Gasteiger partial charge in [-0.15, -0.1) is 0 Å². The van der Waals surface area contributed by atoms with Crippen LogP contribution in [0.2, 0.25) is 0 Å². The number of hydrogen-bond donors (Lipinski definition) is 2. The summed E-state index contributed by atoms with van der Waals surface area (Å²) in [7, 11) is 1.90. The van der Waals surface area contributed by atoms with Crippen LogP contribution in [0.25, 0.3) is 11.0 Å². The van der Waals surface area contributed by atoms with E-state index >= 15 is 0 Å². The second-order valence-corrected chi connectivity index (χ2v) is 9.24. The average Bonchev–Trinajstić information content (AvgIpc) is 3.38. The number of likely N-dealkylation sites (tertiary alicyclic amines) is 1. The average molecular weight is 439 g/mol. The van der Waals surface area contributed by atoms with Crippen LogP contribution in [0.4, 0.5) is 4.79 Å². The number of likely N-dealkylation sites (N-methyl/N-ethyl adjacent to an activating group) is 1. The van der Waals surface area contributed by atoms with E-state index in [2.05, 4.69) is 38.1 Å². The second-order valence-electron chi connectivity index (χ2n) is 9.24. The number of rotatable bonds is 7. The SMILES string of the molecule is CC/C=C(/NC1CCC(N2CCN(C)C2=O)CC1)N1CC(Oc2cccc3[nH]cnc23)C1. The molecule has 2 aliphatic heterocycles. The number of imidazole rings is 1. The molecule has 3 aliphatic rings. The van der Waals surface area contributed by atoms with Crippen molar-refractivity contribution in [2.45, 2.75) is 57.2 Å². The van der Waals surface area contributed by atoms with Crippen LogP contribution in [-0.2, 0) is 0 Å². The first-order valence-corrected chi connectivity index (χ1v) is 11.9. The minimum atomic E-state index is 0.174. The van der Waals surface area contributed by atoms with E-state index in [9.17, 15) is 4.79 Å². The zero-order valence-electron chi connectivity index (χ0n) is 19.1. The summed E-state index contributed by atoms with van der Waals surface area (Å²) in [5, 5.41) is 3.80. The molecule has 0 unspecified atom stereocenters. The minimum Gasteiger partial charge on any atom is -0.484 e. The molecule has 2 aromatic rings. The third-order valence-electron chi connectivity index (χ3n) is 7.03. The minimum absolute atomic E-state index is 0.174. The molecular formula is C24H34N6O2.